The van der Waals surface area contributed by atoms with Crippen molar-refractivity contribution in [2.75, 3.05) is 0 Å². The number of fused-ring (bicyclic) bond motifs is 1. The largest absolute Gasteiger partial charge is 0.348 e. The zero-order chi connectivity index (χ0) is 16.2. The first kappa shape index (κ1) is 15.0. The summed E-state index contributed by atoms with van der Waals surface area (Å²) in [5.74, 6) is -0.182. The second-order valence-electron chi connectivity index (χ2n) is 5.56. The van der Waals surface area contributed by atoms with Gasteiger partial charge >= 0.3 is 0 Å². The Balaban J connectivity index is 1.72. The van der Waals surface area contributed by atoms with Gasteiger partial charge in [0.2, 0.25) is 5.91 Å². The number of amides is 1. The molecule has 0 bridgehead atoms. The van der Waals surface area contributed by atoms with Crippen molar-refractivity contribution in [3.05, 3.63) is 82.8 Å². The van der Waals surface area contributed by atoms with Crippen LogP contribution in [0.2, 0.25) is 0 Å². The van der Waals surface area contributed by atoms with E-state index in [0.717, 1.165) is 10.9 Å². The van der Waals surface area contributed by atoms with Crippen molar-refractivity contribution in [2.24, 2.45) is 0 Å². The highest BCUT2D eigenvalue weighted by atomic mass is 16.2. The third kappa shape index (κ3) is 3.48. The fourth-order valence-corrected chi connectivity index (χ4v) is 2.59. The Bertz CT molecular complexity index is 899. The monoisotopic (exact) mass is 306 g/mol. The van der Waals surface area contributed by atoms with Crippen molar-refractivity contribution in [3.8, 4) is 0 Å². The molecular weight excluding hydrogens is 288 g/mol. The van der Waals surface area contributed by atoms with Gasteiger partial charge in [0.25, 0.3) is 5.56 Å². The molecule has 23 heavy (non-hydrogen) atoms. The Labute approximate surface area is 134 Å². The quantitative estimate of drug-likeness (QED) is 0.806. The van der Waals surface area contributed by atoms with Crippen molar-refractivity contribution in [2.45, 2.75) is 19.5 Å². The van der Waals surface area contributed by atoms with Gasteiger partial charge in [-0.1, -0.05) is 42.5 Å². The number of aromatic nitrogens is 1. The molecule has 3 aromatic rings. The second-order valence-corrected chi connectivity index (χ2v) is 5.56. The van der Waals surface area contributed by atoms with E-state index in [2.05, 4.69) is 29.6 Å². The van der Waals surface area contributed by atoms with Gasteiger partial charge in [0, 0.05) is 12.3 Å². The average Bonchev–Trinajstić information content (AvgIpc) is 2.56. The number of hydrogen-bond donors (Lipinski definition) is 1. The predicted molar refractivity (Wildman–Crippen MR) is 91.2 cm³/mol. The Morgan fingerprint density at radius 2 is 1.78 bits per heavy atom. The van der Waals surface area contributed by atoms with Crippen LogP contribution in [0.3, 0.4) is 0 Å². The fourth-order valence-electron chi connectivity index (χ4n) is 2.59. The fraction of sp³-hybridized carbons (Fsp3) is 0.158. The predicted octanol–water partition coefficient (Wildman–Crippen LogP) is 2.88. The van der Waals surface area contributed by atoms with E-state index in [1.165, 1.54) is 16.0 Å². The van der Waals surface area contributed by atoms with Gasteiger partial charge in [0.15, 0.2) is 0 Å². The summed E-state index contributed by atoms with van der Waals surface area (Å²) in [5.41, 5.74) is 0.860. The topological polar surface area (TPSA) is 51.1 Å². The van der Waals surface area contributed by atoms with Gasteiger partial charge in [-0.05, 0) is 35.4 Å². The van der Waals surface area contributed by atoms with E-state index in [1.807, 2.05) is 25.1 Å². The van der Waals surface area contributed by atoms with Crippen LogP contribution in [0.25, 0.3) is 10.8 Å². The van der Waals surface area contributed by atoms with Gasteiger partial charge in [-0.25, -0.2) is 0 Å². The highest BCUT2D eigenvalue weighted by molar-refractivity contribution is 5.83. The molecule has 4 nitrogen and oxygen atoms in total. The maximum absolute atomic E-state index is 12.1. The first-order valence-corrected chi connectivity index (χ1v) is 7.57. The van der Waals surface area contributed by atoms with Crippen LogP contribution in [0.5, 0.6) is 0 Å². The van der Waals surface area contributed by atoms with Gasteiger partial charge in [0.1, 0.15) is 6.54 Å². The summed E-state index contributed by atoms with van der Waals surface area (Å²) in [5, 5.41) is 5.25. The van der Waals surface area contributed by atoms with Gasteiger partial charge in [-0.3, -0.25) is 9.59 Å². The summed E-state index contributed by atoms with van der Waals surface area (Å²) in [6.45, 7) is 1.97. The van der Waals surface area contributed by atoms with E-state index in [-0.39, 0.29) is 24.1 Å². The summed E-state index contributed by atoms with van der Waals surface area (Å²) in [7, 11) is 0. The molecule has 0 aliphatic carbocycles. The third-order valence-electron chi connectivity index (χ3n) is 3.86. The summed E-state index contributed by atoms with van der Waals surface area (Å²) in [4.78, 5) is 23.8. The molecule has 2 aromatic carbocycles. The molecule has 1 N–H and O–H groups in total. The molecule has 0 aliphatic rings. The minimum Gasteiger partial charge on any atom is -0.348 e. The number of benzene rings is 2. The highest BCUT2D eigenvalue weighted by Gasteiger charge is 2.11. The minimum absolute atomic E-state index is 0.0254. The lowest BCUT2D eigenvalue weighted by Crippen LogP contribution is -2.33. The number of pyridine rings is 1. The molecule has 1 unspecified atom stereocenters. The lowest BCUT2D eigenvalue weighted by atomic mass is 10.0. The van der Waals surface area contributed by atoms with Gasteiger partial charge in [-0.2, -0.15) is 0 Å². The Morgan fingerprint density at radius 1 is 1.04 bits per heavy atom. The summed E-state index contributed by atoms with van der Waals surface area (Å²) >= 11 is 0. The van der Waals surface area contributed by atoms with Crippen molar-refractivity contribution in [1.82, 2.24) is 9.88 Å². The molecule has 1 atom stereocenters. The number of nitrogens with one attached hydrogen (secondary N) is 1. The van der Waals surface area contributed by atoms with Crippen LogP contribution in [-0.4, -0.2) is 10.5 Å². The molecule has 0 spiro atoms. The van der Waals surface area contributed by atoms with Gasteiger partial charge in [-0.15, -0.1) is 0 Å². The number of rotatable bonds is 4. The number of hydrogen-bond acceptors (Lipinski definition) is 2. The van der Waals surface area contributed by atoms with E-state index >= 15 is 0 Å². The first-order chi connectivity index (χ1) is 11.1. The molecule has 0 saturated heterocycles. The van der Waals surface area contributed by atoms with Gasteiger partial charge in [0.05, 0.1) is 6.04 Å². The number of nitrogens with zero attached hydrogens (tertiary/aromatic N) is 1. The van der Waals surface area contributed by atoms with E-state index in [0.29, 0.717) is 0 Å². The second kappa shape index (κ2) is 6.48. The lowest BCUT2D eigenvalue weighted by molar-refractivity contribution is -0.122. The number of carbonyl (C=O) groups excluding carboxylic acids is 1. The van der Waals surface area contributed by atoms with E-state index < -0.39 is 0 Å². The molecule has 0 fully saturated rings. The molecule has 0 saturated carbocycles. The molecule has 4 heteroatoms. The van der Waals surface area contributed by atoms with E-state index in [4.69, 9.17) is 0 Å². The van der Waals surface area contributed by atoms with Crippen LogP contribution in [0.1, 0.15) is 18.5 Å². The Hall–Kier alpha value is -2.88. The van der Waals surface area contributed by atoms with Crippen LogP contribution >= 0.6 is 0 Å². The maximum Gasteiger partial charge on any atom is 0.250 e. The summed E-state index contributed by atoms with van der Waals surface area (Å²) in [6.07, 6.45) is 1.61. The zero-order valence-electron chi connectivity index (χ0n) is 12.9. The SMILES string of the molecule is CC(NC(=O)Cn1ccccc1=O)c1ccc2ccccc2c1. The zero-order valence-corrected chi connectivity index (χ0v) is 12.9. The van der Waals surface area contributed by atoms with Crippen molar-refractivity contribution >= 4 is 16.7 Å². The molecule has 3 rings (SSSR count). The molecule has 0 radical (unpaired) electrons. The standard InChI is InChI=1S/C19H18N2O2/c1-14(16-10-9-15-6-2-3-7-17(15)12-16)20-18(22)13-21-11-5-4-8-19(21)23/h2-12,14H,13H2,1H3,(H,20,22). The molecule has 116 valence electrons. The number of carbonyl (C=O) groups is 1. The minimum atomic E-state index is -0.182. The molecule has 0 aliphatic heterocycles. The average molecular weight is 306 g/mol. The molecule has 1 aromatic heterocycles. The van der Waals surface area contributed by atoms with Crippen LogP contribution < -0.4 is 10.9 Å². The first-order valence-electron chi connectivity index (χ1n) is 7.57. The Kier molecular flexibility index (Phi) is 4.24. The lowest BCUT2D eigenvalue weighted by Gasteiger charge is -2.15. The van der Waals surface area contributed by atoms with Crippen LogP contribution in [-0.2, 0) is 11.3 Å². The summed E-state index contributed by atoms with van der Waals surface area (Å²) < 4.78 is 1.39. The third-order valence-corrected chi connectivity index (χ3v) is 3.86. The van der Waals surface area contributed by atoms with Crippen LogP contribution in [0.15, 0.2) is 71.7 Å². The molecule has 1 amide bonds. The summed E-state index contributed by atoms with van der Waals surface area (Å²) in [6, 6.07) is 19.0. The van der Waals surface area contributed by atoms with E-state index in [1.54, 1.807) is 18.3 Å². The van der Waals surface area contributed by atoms with Crippen LogP contribution in [0.4, 0.5) is 0 Å². The smallest absolute Gasteiger partial charge is 0.250 e. The Morgan fingerprint density at radius 3 is 2.57 bits per heavy atom. The van der Waals surface area contributed by atoms with Crippen molar-refractivity contribution < 1.29 is 4.79 Å². The maximum atomic E-state index is 12.1. The van der Waals surface area contributed by atoms with Crippen molar-refractivity contribution in [3.63, 3.8) is 0 Å². The van der Waals surface area contributed by atoms with Gasteiger partial charge < -0.3 is 9.88 Å². The van der Waals surface area contributed by atoms with Crippen LogP contribution in [0, 0.1) is 0 Å². The normalized spacial score (nSPS) is 12.0. The highest BCUT2D eigenvalue weighted by Crippen LogP contribution is 2.20. The molecule has 1 heterocycles. The van der Waals surface area contributed by atoms with Crippen molar-refractivity contribution in [1.29, 1.82) is 0 Å². The molecular formula is C19H18N2O2. The van der Waals surface area contributed by atoms with E-state index in [9.17, 15) is 9.59 Å².